The van der Waals surface area contributed by atoms with E-state index in [2.05, 4.69) is 10.6 Å². The molecule has 5 nitrogen and oxygen atoms in total. The van der Waals surface area contributed by atoms with E-state index in [0.717, 1.165) is 44.6 Å². The molecule has 1 aromatic rings. The average Bonchev–Trinajstić information content (AvgIpc) is 3.01. The lowest BCUT2D eigenvalue weighted by molar-refractivity contribution is -0.128. The predicted octanol–water partition coefficient (Wildman–Crippen LogP) is 2.35. The Hall–Kier alpha value is -1.59. The number of nitrogens with zero attached hydrogens (tertiary/aromatic N) is 1. The van der Waals surface area contributed by atoms with Crippen molar-refractivity contribution in [2.75, 3.05) is 26.2 Å². The third kappa shape index (κ3) is 5.72. The summed E-state index contributed by atoms with van der Waals surface area (Å²) in [5.74, 6) is 0.899. The molecule has 0 bridgehead atoms. The first-order chi connectivity index (χ1) is 11.7. The Balaban J connectivity index is 0.00000225. The number of hydrogen-bond donors (Lipinski definition) is 2. The van der Waals surface area contributed by atoms with Crippen LogP contribution in [0.1, 0.15) is 48.0 Å². The van der Waals surface area contributed by atoms with Crippen LogP contribution in [-0.2, 0) is 11.3 Å². The van der Waals surface area contributed by atoms with E-state index in [1.807, 2.05) is 29.2 Å². The molecule has 0 aromatic heterocycles. The van der Waals surface area contributed by atoms with E-state index in [9.17, 15) is 9.59 Å². The molecule has 0 aliphatic carbocycles. The van der Waals surface area contributed by atoms with Gasteiger partial charge in [-0.2, -0.15) is 0 Å². The maximum Gasteiger partial charge on any atom is 0.251 e. The van der Waals surface area contributed by atoms with Gasteiger partial charge in [-0.3, -0.25) is 9.59 Å². The molecule has 6 heteroatoms. The van der Waals surface area contributed by atoms with Gasteiger partial charge in [0.05, 0.1) is 0 Å². The van der Waals surface area contributed by atoms with Gasteiger partial charge < -0.3 is 15.5 Å². The Kier molecular flexibility index (Phi) is 7.72. The largest absolute Gasteiger partial charge is 0.352 e. The zero-order valence-electron chi connectivity index (χ0n) is 14.6. The molecule has 0 spiro atoms. The topological polar surface area (TPSA) is 61.4 Å². The van der Waals surface area contributed by atoms with Gasteiger partial charge in [0.2, 0.25) is 5.91 Å². The first kappa shape index (κ1) is 19.7. The van der Waals surface area contributed by atoms with Gasteiger partial charge in [0.15, 0.2) is 0 Å². The van der Waals surface area contributed by atoms with Crippen LogP contribution in [0, 0.1) is 5.92 Å². The molecule has 0 saturated carbocycles. The Labute approximate surface area is 155 Å². The Bertz CT molecular complexity index is 571. The Morgan fingerprint density at radius 2 is 2.04 bits per heavy atom. The van der Waals surface area contributed by atoms with Crippen molar-refractivity contribution in [3.63, 3.8) is 0 Å². The normalized spacial score (nSPS) is 20.2. The second-order valence-electron chi connectivity index (χ2n) is 6.87. The average molecular weight is 366 g/mol. The summed E-state index contributed by atoms with van der Waals surface area (Å²) in [7, 11) is 0. The SMILES string of the molecule is Cl.O=C(NCCC1CCCNC1)c1ccc(CN2CCCC2=O)cc1. The summed E-state index contributed by atoms with van der Waals surface area (Å²) < 4.78 is 0. The highest BCUT2D eigenvalue weighted by molar-refractivity contribution is 5.94. The highest BCUT2D eigenvalue weighted by Gasteiger charge is 2.20. The lowest BCUT2D eigenvalue weighted by Gasteiger charge is -2.22. The van der Waals surface area contributed by atoms with E-state index in [4.69, 9.17) is 0 Å². The van der Waals surface area contributed by atoms with Gasteiger partial charge in [0.1, 0.15) is 0 Å². The molecule has 2 N–H and O–H groups in total. The predicted molar refractivity (Wildman–Crippen MR) is 101 cm³/mol. The molecular weight excluding hydrogens is 338 g/mol. The zero-order valence-corrected chi connectivity index (χ0v) is 15.4. The number of rotatable bonds is 6. The molecule has 0 radical (unpaired) electrons. The monoisotopic (exact) mass is 365 g/mol. The van der Waals surface area contributed by atoms with Crippen molar-refractivity contribution in [1.82, 2.24) is 15.5 Å². The number of carbonyl (C=O) groups excluding carboxylic acids is 2. The molecule has 25 heavy (non-hydrogen) atoms. The van der Waals surface area contributed by atoms with Crippen LogP contribution in [0.5, 0.6) is 0 Å². The molecule has 2 fully saturated rings. The van der Waals surface area contributed by atoms with Gasteiger partial charge in [-0.25, -0.2) is 0 Å². The van der Waals surface area contributed by atoms with Crippen LogP contribution >= 0.6 is 12.4 Å². The molecule has 2 saturated heterocycles. The fraction of sp³-hybridized carbons (Fsp3) is 0.579. The fourth-order valence-electron chi connectivity index (χ4n) is 3.52. The Morgan fingerprint density at radius 1 is 1.24 bits per heavy atom. The maximum absolute atomic E-state index is 12.2. The number of amides is 2. The molecule has 1 aromatic carbocycles. The van der Waals surface area contributed by atoms with Crippen molar-refractivity contribution in [3.8, 4) is 0 Å². The van der Waals surface area contributed by atoms with Crippen LogP contribution in [0.15, 0.2) is 24.3 Å². The van der Waals surface area contributed by atoms with Crippen molar-refractivity contribution in [3.05, 3.63) is 35.4 Å². The number of likely N-dealkylation sites (tertiary alicyclic amines) is 1. The second kappa shape index (κ2) is 9.78. The third-order valence-corrected chi connectivity index (χ3v) is 5.00. The number of benzene rings is 1. The van der Waals surface area contributed by atoms with Crippen molar-refractivity contribution < 1.29 is 9.59 Å². The summed E-state index contributed by atoms with van der Waals surface area (Å²) in [6, 6.07) is 7.61. The van der Waals surface area contributed by atoms with Crippen LogP contribution in [0.2, 0.25) is 0 Å². The number of nitrogens with one attached hydrogen (secondary N) is 2. The second-order valence-corrected chi connectivity index (χ2v) is 6.87. The van der Waals surface area contributed by atoms with Gasteiger partial charge in [-0.15, -0.1) is 12.4 Å². The van der Waals surface area contributed by atoms with E-state index in [-0.39, 0.29) is 24.2 Å². The molecule has 2 heterocycles. The molecule has 2 amide bonds. The molecule has 1 atom stereocenters. The lowest BCUT2D eigenvalue weighted by atomic mass is 9.96. The summed E-state index contributed by atoms with van der Waals surface area (Å²) >= 11 is 0. The molecule has 2 aliphatic rings. The molecule has 1 unspecified atom stereocenters. The number of piperidine rings is 1. The van der Waals surface area contributed by atoms with Gasteiger partial charge in [-0.1, -0.05) is 12.1 Å². The number of halogens is 1. The minimum atomic E-state index is -0.0115. The molecule has 3 rings (SSSR count). The van der Waals surface area contributed by atoms with Crippen molar-refractivity contribution in [2.45, 2.75) is 38.6 Å². The number of hydrogen-bond acceptors (Lipinski definition) is 3. The maximum atomic E-state index is 12.2. The summed E-state index contributed by atoms with van der Waals surface area (Å²) in [6.07, 6.45) is 5.15. The van der Waals surface area contributed by atoms with Gasteiger partial charge in [0.25, 0.3) is 5.91 Å². The summed E-state index contributed by atoms with van der Waals surface area (Å²) in [6.45, 7) is 4.42. The summed E-state index contributed by atoms with van der Waals surface area (Å²) in [5.41, 5.74) is 1.77. The Morgan fingerprint density at radius 3 is 2.68 bits per heavy atom. The summed E-state index contributed by atoms with van der Waals surface area (Å²) in [4.78, 5) is 25.7. The smallest absolute Gasteiger partial charge is 0.251 e. The van der Waals surface area contributed by atoms with Crippen molar-refractivity contribution >= 4 is 24.2 Å². The lowest BCUT2D eigenvalue weighted by Crippen LogP contribution is -2.33. The first-order valence-electron chi connectivity index (χ1n) is 9.08. The fourth-order valence-corrected chi connectivity index (χ4v) is 3.52. The molecular formula is C19H28ClN3O2. The van der Waals surface area contributed by atoms with E-state index in [0.29, 0.717) is 24.4 Å². The molecule has 138 valence electrons. The number of carbonyl (C=O) groups is 2. The minimum absolute atomic E-state index is 0. The van der Waals surface area contributed by atoms with E-state index < -0.39 is 0 Å². The van der Waals surface area contributed by atoms with Crippen molar-refractivity contribution in [1.29, 1.82) is 0 Å². The van der Waals surface area contributed by atoms with Gasteiger partial charge in [0, 0.05) is 31.6 Å². The highest BCUT2D eigenvalue weighted by atomic mass is 35.5. The third-order valence-electron chi connectivity index (χ3n) is 5.00. The van der Waals surface area contributed by atoms with Crippen LogP contribution in [0.25, 0.3) is 0 Å². The van der Waals surface area contributed by atoms with Gasteiger partial charge in [-0.05, 0) is 62.4 Å². The van der Waals surface area contributed by atoms with E-state index >= 15 is 0 Å². The first-order valence-corrected chi connectivity index (χ1v) is 9.08. The summed E-state index contributed by atoms with van der Waals surface area (Å²) in [5, 5.41) is 6.42. The van der Waals surface area contributed by atoms with Crippen LogP contribution in [0.4, 0.5) is 0 Å². The minimum Gasteiger partial charge on any atom is -0.352 e. The highest BCUT2D eigenvalue weighted by Crippen LogP contribution is 2.15. The molecule has 2 aliphatic heterocycles. The van der Waals surface area contributed by atoms with Crippen molar-refractivity contribution in [2.24, 2.45) is 5.92 Å². The van der Waals surface area contributed by atoms with Crippen LogP contribution in [-0.4, -0.2) is 42.9 Å². The quantitative estimate of drug-likeness (QED) is 0.813. The van der Waals surface area contributed by atoms with Crippen LogP contribution < -0.4 is 10.6 Å². The van der Waals surface area contributed by atoms with E-state index in [1.165, 1.54) is 12.8 Å². The van der Waals surface area contributed by atoms with Crippen LogP contribution in [0.3, 0.4) is 0 Å². The van der Waals surface area contributed by atoms with Gasteiger partial charge >= 0.3 is 0 Å². The standard InChI is InChI=1S/C19H27N3O2.ClH/c23-18-4-2-12-22(18)14-16-5-7-17(8-6-16)19(24)21-11-9-15-3-1-10-20-13-15;/h5-8,15,20H,1-4,9-14H2,(H,21,24);1H. The van der Waals surface area contributed by atoms with E-state index in [1.54, 1.807) is 0 Å². The zero-order chi connectivity index (χ0) is 16.8.